The fourth-order valence-electron chi connectivity index (χ4n) is 6.72. The summed E-state index contributed by atoms with van der Waals surface area (Å²) >= 11 is 7.87. The topological polar surface area (TPSA) is 143 Å². The Balaban J connectivity index is 1.17. The van der Waals surface area contributed by atoms with E-state index in [4.69, 9.17) is 16.3 Å². The Hall–Kier alpha value is -3.84. The third-order valence-electron chi connectivity index (χ3n) is 9.36. The second kappa shape index (κ2) is 13.9. The number of rotatable bonds is 9. The number of amides is 2. The Bertz CT molecular complexity index is 1790. The van der Waals surface area contributed by atoms with Gasteiger partial charge >= 0.3 is 0 Å². The number of phenols is 1. The molecule has 13 heteroatoms. The molecule has 6 rings (SSSR count). The number of benzene rings is 2. The second-order valence-corrected chi connectivity index (χ2v) is 14.7. The number of likely N-dealkylation sites (tertiary alicyclic amines) is 1. The van der Waals surface area contributed by atoms with E-state index in [1.807, 2.05) is 63.5 Å². The van der Waals surface area contributed by atoms with E-state index >= 15 is 0 Å². The summed E-state index contributed by atoms with van der Waals surface area (Å²) in [5.41, 5.74) is 6.41. The van der Waals surface area contributed by atoms with Gasteiger partial charge in [-0.3, -0.25) is 9.59 Å². The molecule has 0 radical (unpaired) electrons. The lowest BCUT2D eigenvalue weighted by molar-refractivity contribution is -0.145. The highest BCUT2D eigenvalue weighted by Gasteiger charge is 2.48. The molecule has 48 heavy (non-hydrogen) atoms. The van der Waals surface area contributed by atoms with Gasteiger partial charge in [-0.25, -0.2) is 9.67 Å². The standard InChI is InChI=1S/C35H41ClN6O5S/c1-20(22-11-13-24(14-12-22)31-21(2)37-19-48-31)38-33(45)27-15-25(43)16-41(27)34(46)32-35(3,4)18-47-17-28-26(39-40-42(28)32)9-5-7-23-8-6-10-29(44)30(23)36/h6,8,10-14,19-20,25,27,32,43-44H,5,7,9,15-18H2,1-4H3,(H,38,45)/t20-,25+,27-,32-/m1/s1. The summed E-state index contributed by atoms with van der Waals surface area (Å²) in [6.45, 7) is 8.36. The maximum atomic E-state index is 14.5. The minimum atomic E-state index is -0.840. The highest BCUT2D eigenvalue weighted by atomic mass is 35.5. The molecule has 4 heterocycles. The van der Waals surface area contributed by atoms with Gasteiger partial charge in [0.2, 0.25) is 11.8 Å². The van der Waals surface area contributed by atoms with Crippen molar-refractivity contribution in [2.75, 3.05) is 13.2 Å². The van der Waals surface area contributed by atoms with Gasteiger partial charge < -0.3 is 25.2 Å². The molecule has 2 aromatic heterocycles. The number of aliphatic hydroxyl groups excluding tert-OH is 1. The van der Waals surface area contributed by atoms with Crippen LogP contribution in [0.4, 0.5) is 0 Å². The molecule has 4 atom stereocenters. The normalized spacial score (nSPS) is 21.0. The number of hydrogen-bond donors (Lipinski definition) is 3. The lowest BCUT2D eigenvalue weighted by Crippen LogP contribution is -2.51. The van der Waals surface area contributed by atoms with Gasteiger partial charge in [0.15, 0.2) is 0 Å². The number of aromatic hydroxyl groups is 1. The number of thiazole rings is 1. The van der Waals surface area contributed by atoms with Gasteiger partial charge in [-0.1, -0.05) is 67.1 Å². The van der Waals surface area contributed by atoms with E-state index in [1.165, 1.54) is 4.90 Å². The number of aliphatic hydroxyl groups is 1. The number of ether oxygens (including phenoxy) is 1. The zero-order valence-corrected chi connectivity index (χ0v) is 29.1. The monoisotopic (exact) mass is 692 g/mol. The van der Waals surface area contributed by atoms with Crippen LogP contribution in [0.5, 0.6) is 5.75 Å². The first-order chi connectivity index (χ1) is 22.9. The van der Waals surface area contributed by atoms with Gasteiger partial charge in [0, 0.05) is 18.4 Å². The molecule has 1 saturated heterocycles. The lowest BCUT2D eigenvalue weighted by Gasteiger charge is -2.35. The SMILES string of the molecule is Cc1ncsc1-c1ccc([C@@H](C)NC(=O)[C@H]2C[C@H](O)CN2C(=O)[C@H]2n3nnc(CCCc4cccc(O)c4Cl)c3COCC2(C)C)cc1. The van der Waals surface area contributed by atoms with Crippen LogP contribution in [0.25, 0.3) is 10.4 Å². The van der Waals surface area contributed by atoms with Crippen molar-refractivity contribution >= 4 is 34.8 Å². The number of nitrogens with zero attached hydrogens (tertiary/aromatic N) is 5. The summed E-state index contributed by atoms with van der Waals surface area (Å²) in [6.07, 6.45) is 1.21. The zero-order chi connectivity index (χ0) is 34.2. The van der Waals surface area contributed by atoms with Crippen molar-refractivity contribution in [1.82, 2.24) is 30.2 Å². The minimum Gasteiger partial charge on any atom is -0.506 e. The third-order valence-corrected chi connectivity index (χ3v) is 10.8. The molecule has 11 nitrogen and oxygen atoms in total. The molecule has 0 saturated carbocycles. The first-order valence-corrected chi connectivity index (χ1v) is 17.5. The molecule has 2 aliphatic rings. The van der Waals surface area contributed by atoms with Gasteiger partial charge in [-0.15, -0.1) is 16.4 Å². The number of phenolic OH excluding ortho intramolecular Hbond substituents is 1. The van der Waals surface area contributed by atoms with Crippen molar-refractivity contribution in [3.63, 3.8) is 0 Å². The number of halogens is 1. The number of β-amino-alcohol motifs (C(OH)–C–C–N with tert-alkyl or cyclic N) is 1. The number of aryl methyl sites for hydroxylation is 3. The predicted molar refractivity (Wildman–Crippen MR) is 183 cm³/mol. The summed E-state index contributed by atoms with van der Waals surface area (Å²) in [6, 6.07) is 11.3. The van der Waals surface area contributed by atoms with Crippen LogP contribution in [0.1, 0.15) is 73.9 Å². The molecule has 4 aromatic rings. The van der Waals surface area contributed by atoms with Gasteiger partial charge in [0.05, 0.1) is 57.9 Å². The van der Waals surface area contributed by atoms with Crippen LogP contribution < -0.4 is 5.32 Å². The molecule has 254 valence electrons. The average Bonchev–Trinajstić information content (AvgIpc) is 3.75. The molecule has 0 aliphatic carbocycles. The van der Waals surface area contributed by atoms with Gasteiger partial charge in [0.25, 0.3) is 0 Å². The maximum Gasteiger partial charge on any atom is 0.248 e. The molecule has 2 aromatic carbocycles. The zero-order valence-electron chi connectivity index (χ0n) is 27.5. The number of aromatic nitrogens is 4. The maximum absolute atomic E-state index is 14.5. The van der Waals surface area contributed by atoms with E-state index in [0.717, 1.165) is 33.0 Å². The second-order valence-electron chi connectivity index (χ2n) is 13.4. The summed E-state index contributed by atoms with van der Waals surface area (Å²) in [5, 5.41) is 33.0. The third kappa shape index (κ3) is 6.84. The Morgan fingerprint density at radius 3 is 2.69 bits per heavy atom. The molecule has 0 bridgehead atoms. The van der Waals surface area contributed by atoms with Crippen LogP contribution in [0.2, 0.25) is 5.02 Å². The fraction of sp³-hybridized carbons (Fsp3) is 0.457. The van der Waals surface area contributed by atoms with Crippen molar-refractivity contribution < 1.29 is 24.5 Å². The summed E-state index contributed by atoms with van der Waals surface area (Å²) in [4.78, 5) is 35.1. The summed E-state index contributed by atoms with van der Waals surface area (Å²) in [7, 11) is 0. The van der Waals surface area contributed by atoms with Crippen LogP contribution in [0.15, 0.2) is 48.0 Å². The smallest absolute Gasteiger partial charge is 0.248 e. The molecule has 2 amide bonds. The van der Waals surface area contributed by atoms with Crippen molar-refractivity contribution in [1.29, 1.82) is 0 Å². The fourth-order valence-corrected chi connectivity index (χ4v) is 7.75. The molecule has 1 fully saturated rings. The van der Waals surface area contributed by atoms with Crippen LogP contribution in [0, 0.1) is 12.3 Å². The molecule has 3 N–H and O–H groups in total. The number of fused-ring (bicyclic) bond motifs is 1. The van der Waals surface area contributed by atoms with Gasteiger partial charge in [-0.2, -0.15) is 0 Å². The Morgan fingerprint density at radius 2 is 1.96 bits per heavy atom. The largest absolute Gasteiger partial charge is 0.506 e. The minimum absolute atomic E-state index is 0.0448. The van der Waals surface area contributed by atoms with Crippen LogP contribution in [0.3, 0.4) is 0 Å². The Kier molecular flexibility index (Phi) is 9.89. The van der Waals surface area contributed by atoms with E-state index in [-0.39, 0.29) is 43.2 Å². The van der Waals surface area contributed by atoms with Crippen molar-refractivity contribution in [3.05, 3.63) is 81.2 Å². The Labute approximate surface area is 288 Å². The van der Waals surface area contributed by atoms with Crippen molar-refractivity contribution in [3.8, 4) is 16.2 Å². The predicted octanol–water partition coefficient (Wildman–Crippen LogP) is 5.18. The highest BCUT2D eigenvalue weighted by Crippen LogP contribution is 2.39. The molecular formula is C35H41ClN6O5S. The first kappa shape index (κ1) is 34.0. The van der Waals surface area contributed by atoms with E-state index in [9.17, 15) is 19.8 Å². The van der Waals surface area contributed by atoms with Gasteiger partial charge in [-0.05, 0) is 55.9 Å². The van der Waals surface area contributed by atoms with E-state index in [2.05, 4.69) is 20.6 Å². The summed E-state index contributed by atoms with van der Waals surface area (Å²) < 4.78 is 7.71. The van der Waals surface area contributed by atoms with Crippen molar-refractivity contribution in [2.24, 2.45) is 5.41 Å². The molecule has 0 spiro atoms. The van der Waals surface area contributed by atoms with Crippen LogP contribution in [-0.4, -0.2) is 72.2 Å². The van der Waals surface area contributed by atoms with Gasteiger partial charge in [0.1, 0.15) is 17.8 Å². The molecule has 0 unspecified atom stereocenters. The molecular weight excluding hydrogens is 652 g/mol. The summed E-state index contributed by atoms with van der Waals surface area (Å²) in [5.74, 6) is -0.570. The van der Waals surface area contributed by atoms with E-state index < -0.39 is 23.6 Å². The number of carbonyl (C=O) groups excluding carboxylic acids is 2. The lowest BCUT2D eigenvalue weighted by atomic mass is 9.84. The van der Waals surface area contributed by atoms with E-state index in [0.29, 0.717) is 36.6 Å². The number of hydrogen-bond acceptors (Lipinski definition) is 9. The quantitative estimate of drug-likeness (QED) is 0.218. The first-order valence-electron chi connectivity index (χ1n) is 16.2. The van der Waals surface area contributed by atoms with Crippen LogP contribution in [-0.2, 0) is 33.8 Å². The van der Waals surface area contributed by atoms with E-state index in [1.54, 1.807) is 28.2 Å². The van der Waals surface area contributed by atoms with Crippen LogP contribution >= 0.6 is 22.9 Å². The van der Waals surface area contributed by atoms with Crippen molar-refractivity contribution in [2.45, 2.75) is 84.2 Å². The number of carbonyl (C=O) groups is 2. The average molecular weight is 693 g/mol. The molecule has 2 aliphatic heterocycles. The highest BCUT2D eigenvalue weighted by molar-refractivity contribution is 7.13. The number of nitrogens with one attached hydrogen (secondary N) is 1. The Morgan fingerprint density at radius 1 is 1.19 bits per heavy atom.